The van der Waals surface area contributed by atoms with E-state index >= 15 is 0 Å². The third-order valence-corrected chi connectivity index (χ3v) is 6.00. The van der Waals surface area contributed by atoms with Crippen molar-refractivity contribution >= 4 is 46.3 Å². The van der Waals surface area contributed by atoms with Crippen LogP contribution in [0.3, 0.4) is 0 Å². The van der Waals surface area contributed by atoms with Gasteiger partial charge in [0.15, 0.2) is 0 Å². The van der Waals surface area contributed by atoms with Crippen LogP contribution in [-0.4, -0.2) is 37.9 Å². The summed E-state index contributed by atoms with van der Waals surface area (Å²) in [6.07, 6.45) is 10.1. The highest BCUT2D eigenvalue weighted by Gasteiger charge is 2.31. The second-order valence-electron chi connectivity index (χ2n) is 6.86. The topological polar surface area (TPSA) is 77.8 Å². The molecule has 0 radical (unpaired) electrons. The number of thiocarbonyl (C=S) groups is 1. The van der Waals surface area contributed by atoms with E-state index in [9.17, 15) is 14.7 Å². The zero-order valence-corrected chi connectivity index (χ0v) is 17.6. The first-order valence-electron chi connectivity index (χ1n) is 9.74. The molecule has 1 saturated heterocycles. The van der Waals surface area contributed by atoms with Gasteiger partial charge in [-0.25, -0.2) is 0 Å². The van der Waals surface area contributed by atoms with Crippen LogP contribution in [0.5, 0.6) is 5.75 Å². The fraction of sp³-hybridized carbons (Fsp3) is 0.476. The number of phenolic OH excluding ortho intramolecular Hbond substituents is 1. The molecule has 0 unspecified atom stereocenters. The Labute approximate surface area is 175 Å². The number of carbonyl (C=O) groups excluding carboxylic acids is 1. The number of phenols is 1. The molecule has 5 nitrogen and oxygen atoms in total. The van der Waals surface area contributed by atoms with Gasteiger partial charge in [-0.2, -0.15) is 0 Å². The highest BCUT2D eigenvalue weighted by Crippen LogP contribution is 2.34. The van der Waals surface area contributed by atoms with Crippen LogP contribution >= 0.6 is 24.0 Å². The molecule has 0 aromatic heterocycles. The molecular formula is C21H27NO4S2. The molecule has 152 valence electrons. The molecule has 7 heteroatoms. The molecule has 1 aromatic carbocycles. The zero-order chi connectivity index (χ0) is 20.4. The number of benzene rings is 1. The van der Waals surface area contributed by atoms with Gasteiger partial charge in [0, 0.05) is 18.5 Å². The minimum absolute atomic E-state index is 0.0864. The van der Waals surface area contributed by atoms with Gasteiger partial charge in [0.25, 0.3) is 5.91 Å². The van der Waals surface area contributed by atoms with Crippen molar-refractivity contribution < 1.29 is 19.8 Å². The highest BCUT2D eigenvalue weighted by atomic mass is 32.2. The second-order valence-corrected chi connectivity index (χ2v) is 8.54. The van der Waals surface area contributed by atoms with Crippen molar-refractivity contribution in [1.29, 1.82) is 0 Å². The minimum Gasteiger partial charge on any atom is -0.507 e. The number of aliphatic carboxylic acids is 1. The Kier molecular flexibility index (Phi) is 9.50. The molecule has 1 amide bonds. The monoisotopic (exact) mass is 421 g/mol. The van der Waals surface area contributed by atoms with Crippen molar-refractivity contribution in [1.82, 2.24) is 4.90 Å². The minimum atomic E-state index is -0.717. The van der Waals surface area contributed by atoms with Gasteiger partial charge < -0.3 is 10.2 Å². The van der Waals surface area contributed by atoms with E-state index in [1.54, 1.807) is 29.2 Å². The summed E-state index contributed by atoms with van der Waals surface area (Å²) in [7, 11) is 0. The number of amides is 1. The van der Waals surface area contributed by atoms with Gasteiger partial charge in [0.1, 0.15) is 10.1 Å². The summed E-state index contributed by atoms with van der Waals surface area (Å²) >= 11 is 6.63. The molecule has 1 heterocycles. The van der Waals surface area contributed by atoms with Crippen molar-refractivity contribution in [2.24, 2.45) is 0 Å². The van der Waals surface area contributed by atoms with Crippen LogP contribution in [-0.2, 0) is 9.59 Å². The lowest BCUT2D eigenvalue weighted by Gasteiger charge is -2.14. The summed E-state index contributed by atoms with van der Waals surface area (Å²) in [5.41, 5.74) is 0.617. The van der Waals surface area contributed by atoms with E-state index in [1.165, 1.54) is 11.8 Å². The highest BCUT2D eigenvalue weighted by molar-refractivity contribution is 8.26. The predicted octanol–water partition coefficient (Wildman–Crippen LogP) is 5.19. The lowest BCUT2D eigenvalue weighted by atomic mass is 10.1. The fourth-order valence-electron chi connectivity index (χ4n) is 3.05. The van der Waals surface area contributed by atoms with Crippen molar-refractivity contribution in [3.05, 3.63) is 34.7 Å². The van der Waals surface area contributed by atoms with E-state index in [1.807, 2.05) is 6.07 Å². The first kappa shape index (κ1) is 22.4. The average Bonchev–Trinajstić information content (AvgIpc) is 2.92. The van der Waals surface area contributed by atoms with Crippen LogP contribution < -0.4 is 0 Å². The number of carboxylic acids is 1. The van der Waals surface area contributed by atoms with Crippen molar-refractivity contribution in [2.45, 2.75) is 57.8 Å². The maximum atomic E-state index is 12.6. The Balaban J connectivity index is 1.65. The van der Waals surface area contributed by atoms with Crippen molar-refractivity contribution in [3.63, 3.8) is 0 Å². The molecule has 0 spiro atoms. The van der Waals surface area contributed by atoms with Crippen LogP contribution in [0.15, 0.2) is 29.2 Å². The van der Waals surface area contributed by atoms with Gasteiger partial charge in [-0.3, -0.25) is 14.5 Å². The summed E-state index contributed by atoms with van der Waals surface area (Å²) in [6.45, 7) is 0.626. The van der Waals surface area contributed by atoms with Gasteiger partial charge in [-0.05, 0) is 25.0 Å². The van der Waals surface area contributed by atoms with Crippen LogP contribution in [0, 0.1) is 0 Å². The third-order valence-electron chi connectivity index (χ3n) is 4.62. The Bertz CT molecular complexity index is 733. The van der Waals surface area contributed by atoms with Gasteiger partial charge >= 0.3 is 5.97 Å². The number of carboxylic acid groups (broad SMARTS) is 1. The molecular weight excluding hydrogens is 394 g/mol. The number of hydrogen-bond acceptors (Lipinski definition) is 5. The van der Waals surface area contributed by atoms with Crippen LogP contribution in [0.2, 0.25) is 0 Å². The van der Waals surface area contributed by atoms with Gasteiger partial charge in [0.05, 0.1) is 4.91 Å². The molecule has 2 N–H and O–H groups in total. The molecule has 28 heavy (non-hydrogen) atoms. The molecule has 1 aromatic rings. The quantitative estimate of drug-likeness (QED) is 0.275. The van der Waals surface area contributed by atoms with E-state index in [2.05, 4.69) is 0 Å². The predicted molar refractivity (Wildman–Crippen MR) is 117 cm³/mol. The van der Waals surface area contributed by atoms with E-state index in [0.717, 1.165) is 51.4 Å². The van der Waals surface area contributed by atoms with E-state index in [4.69, 9.17) is 17.3 Å². The Morgan fingerprint density at radius 2 is 1.64 bits per heavy atom. The summed E-state index contributed by atoms with van der Waals surface area (Å²) in [4.78, 5) is 25.2. The summed E-state index contributed by atoms with van der Waals surface area (Å²) in [6, 6.07) is 6.93. The molecule has 0 aliphatic carbocycles. The fourth-order valence-corrected chi connectivity index (χ4v) is 4.35. The van der Waals surface area contributed by atoms with Gasteiger partial charge in [-0.1, -0.05) is 80.7 Å². The number of carbonyl (C=O) groups is 2. The number of hydrogen-bond donors (Lipinski definition) is 2. The molecule has 1 fully saturated rings. The molecule has 0 atom stereocenters. The van der Waals surface area contributed by atoms with Crippen LogP contribution in [0.4, 0.5) is 0 Å². The molecule has 0 saturated carbocycles. The zero-order valence-electron chi connectivity index (χ0n) is 15.9. The smallest absolute Gasteiger partial charge is 0.303 e. The van der Waals surface area contributed by atoms with Gasteiger partial charge in [-0.15, -0.1) is 0 Å². The molecule has 1 aliphatic heterocycles. The Morgan fingerprint density at radius 1 is 1.04 bits per heavy atom. The number of thioether (sulfide) groups is 1. The van der Waals surface area contributed by atoms with Crippen LogP contribution in [0.1, 0.15) is 63.4 Å². The normalized spacial score (nSPS) is 15.6. The Morgan fingerprint density at radius 3 is 2.29 bits per heavy atom. The lowest BCUT2D eigenvalue weighted by Crippen LogP contribution is -2.29. The maximum Gasteiger partial charge on any atom is 0.303 e. The van der Waals surface area contributed by atoms with Crippen molar-refractivity contribution in [3.8, 4) is 5.75 Å². The maximum absolute atomic E-state index is 12.6. The average molecular weight is 422 g/mol. The van der Waals surface area contributed by atoms with E-state index in [0.29, 0.717) is 21.3 Å². The van der Waals surface area contributed by atoms with E-state index < -0.39 is 5.97 Å². The molecule has 1 aliphatic rings. The first-order valence-corrected chi connectivity index (χ1v) is 11.0. The Hall–Kier alpha value is -1.86. The lowest BCUT2D eigenvalue weighted by molar-refractivity contribution is -0.137. The number of aromatic hydroxyl groups is 1. The number of rotatable bonds is 12. The molecule has 2 rings (SSSR count). The van der Waals surface area contributed by atoms with Gasteiger partial charge in [0.2, 0.25) is 0 Å². The number of para-hydroxylation sites is 1. The summed E-state index contributed by atoms with van der Waals surface area (Å²) in [5, 5.41) is 18.5. The largest absolute Gasteiger partial charge is 0.507 e. The first-order chi connectivity index (χ1) is 13.5. The standard InChI is InChI=1S/C21H27NO4S2/c23-17-12-9-8-11-16(17)15-18-20(26)22(21(27)28-18)14-10-6-4-2-1-3-5-7-13-19(24)25/h8-9,11-12,15,23H,1-7,10,13-14H2,(H,24,25). The van der Waals surface area contributed by atoms with Crippen LogP contribution in [0.25, 0.3) is 6.08 Å². The number of nitrogens with zero attached hydrogens (tertiary/aromatic N) is 1. The SMILES string of the molecule is O=C(O)CCCCCCCCCCN1C(=O)C(=Cc2ccccc2O)SC1=S. The number of unbranched alkanes of at least 4 members (excludes halogenated alkanes) is 7. The third kappa shape index (κ3) is 7.28. The van der Waals surface area contributed by atoms with E-state index in [-0.39, 0.29) is 18.1 Å². The summed E-state index contributed by atoms with van der Waals surface area (Å²) in [5.74, 6) is -0.654. The van der Waals surface area contributed by atoms with Crippen molar-refractivity contribution in [2.75, 3.05) is 6.54 Å². The summed E-state index contributed by atoms with van der Waals surface area (Å²) < 4.78 is 0.574. The molecule has 0 bridgehead atoms. The second kappa shape index (κ2) is 11.9.